The third-order valence-electron chi connectivity index (χ3n) is 4.79. The zero-order valence-corrected chi connectivity index (χ0v) is 20.2. The first-order valence-corrected chi connectivity index (χ1v) is 12.2. The molecule has 0 aliphatic carbocycles. The Hall–Kier alpha value is -2.46. The lowest BCUT2D eigenvalue weighted by Crippen LogP contribution is -2.42. The van der Waals surface area contributed by atoms with Crippen molar-refractivity contribution >= 4 is 33.2 Å². The third kappa shape index (κ3) is 7.53. The van der Waals surface area contributed by atoms with E-state index in [0.717, 1.165) is 24.0 Å². The number of nitrogens with zero attached hydrogens (tertiary/aromatic N) is 1. The van der Waals surface area contributed by atoms with Crippen molar-refractivity contribution in [1.29, 1.82) is 0 Å². The summed E-state index contributed by atoms with van der Waals surface area (Å²) in [4.78, 5) is 12.8. The predicted molar refractivity (Wildman–Crippen MR) is 122 cm³/mol. The fraction of sp³-hybridized carbons (Fsp3) is 0.409. The molecule has 0 bridgehead atoms. The van der Waals surface area contributed by atoms with Crippen molar-refractivity contribution in [1.82, 2.24) is 5.32 Å². The van der Waals surface area contributed by atoms with Crippen molar-refractivity contribution in [3.63, 3.8) is 0 Å². The van der Waals surface area contributed by atoms with Crippen LogP contribution in [0.5, 0.6) is 5.75 Å². The number of anilines is 1. The van der Waals surface area contributed by atoms with Crippen LogP contribution in [0.15, 0.2) is 42.5 Å². The molecule has 0 unspecified atom stereocenters. The standard InChI is InChI=1S/C22H26ClF3N2O4S/c1-14(2)11-19(15-5-8-17(32-3)9-6-15)27-21(29)13-28(33(4,30)31)20-12-16(22(24,25)26)7-10-18(20)23/h5-10,12,14,19H,11,13H2,1-4H3,(H,27,29)/t19-/m1/s1. The van der Waals surface area contributed by atoms with Crippen LogP contribution in [-0.2, 0) is 21.0 Å². The summed E-state index contributed by atoms with van der Waals surface area (Å²) in [6, 6.07) is 8.91. The lowest BCUT2D eigenvalue weighted by Gasteiger charge is -2.26. The number of halogens is 4. The zero-order valence-electron chi connectivity index (χ0n) is 18.6. The number of methoxy groups -OCH3 is 1. The molecule has 2 rings (SSSR count). The number of rotatable bonds is 9. The molecular formula is C22H26ClF3N2O4S. The van der Waals surface area contributed by atoms with E-state index in [-0.39, 0.29) is 10.9 Å². The number of alkyl halides is 3. The van der Waals surface area contributed by atoms with Crippen LogP contribution in [0.4, 0.5) is 18.9 Å². The van der Waals surface area contributed by atoms with Gasteiger partial charge in [-0.1, -0.05) is 37.6 Å². The molecule has 182 valence electrons. The molecule has 0 aliphatic heterocycles. The maximum Gasteiger partial charge on any atom is 0.416 e. The van der Waals surface area contributed by atoms with E-state index in [9.17, 15) is 26.4 Å². The van der Waals surface area contributed by atoms with E-state index in [1.807, 2.05) is 13.8 Å². The molecule has 0 radical (unpaired) electrons. The van der Waals surface area contributed by atoms with Crippen molar-refractivity contribution in [2.24, 2.45) is 5.92 Å². The van der Waals surface area contributed by atoms with E-state index in [1.54, 1.807) is 24.3 Å². The number of nitrogens with one attached hydrogen (secondary N) is 1. The Morgan fingerprint density at radius 1 is 1.15 bits per heavy atom. The fourth-order valence-corrected chi connectivity index (χ4v) is 4.35. The van der Waals surface area contributed by atoms with Crippen LogP contribution < -0.4 is 14.4 Å². The molecule has 0 heterocycles. The van der Waals surface area contributed by atoms with Gasteiger partial charge < -0.3 is 10.1 Å². The summed E-state index contributed by atoms with van der Waals surface area (Å²) in [5.41, 5.74) is -0.721. The normalized spacial score (nSPS) is 13.0. The molecule has 0 saturated heterocycles. The van der Waals surface area contributed by atoms with Crippen LogP contribution in [-0.4, -0.2) is 34.2 Å². The topological polar surface area (TPSA) is 75.7 Å². The first kappa shape index (κ1) is 26.8. The van der Waals surface area contributed by atoms with E-state index in [0.29, 0.717) is 22.5 Å². The molecule has 1 amide bonds. The van der Waals surface area contributed by atoms with Gasteiger partial charge in [-0.05, 0) is 48.2 Å². The molecule has 0 aliphatic rings. The third-order valence-corrected chi connectivity index (χ3v) is 6.24. The van der Waals surface area contributed by atoms with Crippen molar-refractivity contribution < 1.29 is 31.1 Å². The van der Waals surface area contributed by atoms with Gasteiger partial charge in [0.2, 0.25) is 15.9 Å². The molecule has 0 aromatic heterocycles. The van der Waals surface area contributed by atoms with Crippen molar-refractivity contribution in [3.8, 4) is 5.75 Å². The molecule has 0 fully saturated rings. The first-order chi connectivity index (χ1) is 15.2. The van der Waals surface area contributed by atoms with Crippen LogP contribution in [0.25, 0.3) is 0 Å². The number of benzene rings is 2. The van der Waals surface area contributed by atoms with Gasteiger partial charge >= 0.3 is 6.18 Å². The number of ether oxygens (including phenoxy) is 1. The predicted octanol–water partition coefficient (Wildman–Crippen LogP) is 5.04. The van der Waals surface area contributed by atoms with Gasteiger partial charge in [0, 0.05) is 0 Å². The highest BCUT2D eigenvalue weighted by Crippen LogP contribution is 2.36. The number of hydrogen-bond acceptors (Lipinski definition) is 4. The van der Waals surface area contributed by atoms with E-state index in [2.05, 4.69) is 5.32 Å². The molecular weight excluding hydrogens is 481 g/mol. The number of sulfonamides is 1. The van der Waals surface area contributed by atoms with Gasteiger partial charge in [0.1, 0.15) is 12.3 Å². The first-order valence-electron chi connectivity index (χ1n) is 10.00. The average molecular weight is 507 g/mol. The quantitative estimate of drug-likeness (QED) is 0.517. The molecule has 0 saturated carbocycles. The monoisotopic (exact) mass is 506 g/mol. The summed E-state index contributed by atoms with van der Waals surface area (Å²) < 4.78 is 69.9. The highest BCUT2D eigenvalue weighted by Gasteiger charge is 2.33. The zero-order chi connectivity index (χ0) is 25.0. The Bertz CT molecular complexity index is 1070. The Morgan fingerprint density at radius 2 is 1.76 bits per heavy atom. The maximum atomic E-state index is 13.2. The molecule has 1 N–H and O–H groups in total. The minimum Gasteiger partial charge on any atom is -0.497 e. The van der Waals surface area contributed by atoms with Crippen LogP contribution in [0.2, 0.25) is 5.02 Å². The van der Waals surface area contributed by atoms with Crippen LogP contribution in [0.3, 0.4) is 0 Å². The lowest BCUT2D eigenvalue weighted by molar-refractivity contribution is -0.137. The molecule has 6 nitrogen and oxygen atoms in total. The Balaban J connectivity index is 2.34. The number of carbonyl (C=O) groups excluding carboxylic acids is 1. The highest BCUT2D eigenvalue weighted by atomic mass is 35.5. The largest absolute Gasteiger partial charge is 0.497 e. The Morgan fingerprint density at radius 3 is 2.24 bits per heavy atom. The van der Waals surface area contributed by atoms with E-state index >= 15 is 0 Å². The SMILES string of the molecule is COc1ccc([C@@H](CC(C)C)NC(=O)CN(c2cc(C(F)(F)F)ccc2Cl)S(C)(=O)=O)cc1. The van der Waals surface area contributed by atoms with Gasteiger partial charge in [-0.2, -0.15) is 13.2 Å². The molecule has 11 heteroatoms. The maximum absolute atomic E-state index is 13.2. The van der Waals surface area contributed by atoms with Crippen molar-refractivity contribution in [3.05, 3.63) is 58.6 Å². The molecule has 2 aromatic rings. The van der Waals surface area contributed by atoms with Gasteiger partial charge in [-0.3, -0.25) is 9.10 Å². The van der Waals surface area contributed by atoms with Gasteiger partial charge in [0.15, 0.2) is 0 Å². The van der Waals surface area contributed by atoms with Crippen LogP contribution in [0.1, 0.15) is 37.4 Å². The smallest absolute Gasteiger partial charge is 0.416 e. The molecule has 2 aromatic carbocycles. The van der Waals surface area contributed by atoms with E-state index in [1.165, 1.54) is 7.11 Å². The second kappa shape index (κ2) is 10.6. The summed E-state index contributed by atoms with van der Waals surface area (Å²) in [5.74, 6) is 0.146. The summed E-state index contributed by atoms with van der Waals surface area (Å²) in [6.45, 7) is 3.20. The molecule has 33 heavy (non-hydrogen) atoms. The van der Waals surface area contributed by atoms with Crippen LogP contribution >= 0.6 is 11.6 Å². The summed E-state index contributed by atoms with van der Waals surface area (Å²) in [5, 5.41) is 2.56. The minimum atomic E-state index is -4.71. The number of amides is 1. The van der Waals surface area contributed by atoms with Gasteiger partial charge in [0.05, 0.1) is 35.7 Å². The number of carbonyl (C=O) groups is 1. The molecule has 1 atom stereocenters. The second-order valence-corrected chi connectivity index (χ2v) is 10.3. The molecule has 0 spiro atoms. The minimum absolute atomic E-state index is 0.196. The van der Waals surface area contributed by atoms with Gasteiger partial charge in [0.25, 0.3) is 0 Å². The van der Waals surface area contributed by atoms with E-state index < -0.39 is 45.9 Å². The summed E-state index contributed by atoms with van der Waals surface area (Å²) in [6.07, 6.45) is -3.35. The highest BCUT2D eigenvalue weighted by molar-refractivity contribution is 7.92. The second-order valence-electron chi connectivity index (χ2n) is 7.96. The summed E-state index contributed by atoms with van der Waals surface area (Å²) >= 11 is 6.01. The van der Waals surface area contributed by atoms with Gasteiger partial charge in [-0.25, -0.2) is 8.42 Å². The fourth-order valence-electron chi connectivity index (χ4n) is 3.22. The van der Waals surface area contributed by atoms with E-state index in [4.69, 9.17) is 16.3 Å². The summed E-state index contributed by atoms with van der Waals surface area (Å²) in [7, 11) is -2.60. The lowest BCUT2D eigenvalue weighted by atomic mass is 9.97. The average Bonchev–Trinajstić information content (AvgIpc) is 2.70. The van der Waals surface area contributed by atoms with Gasteiger partial charge in [-0.15, -0.1) is 0 Å². The Labute approximate surface area is 196 Å². The van der Waals surface area contributed by atoms with Crippen molar-refractivity contribution in [2.45, 2.75) is 32.5 Å². The number of hydrogen-bond donors (Lipinski definition) is 1. The van der Waals surface area contributed by atoms with Crippen LogP contribution in [0, 0.1) is 5.92 Å². The van der Waals surface area contributed by atoms with Crippen molar-refractivity contribution in [2.75, 3.05) is 24.2 Å². The Kier molecular flexibility index (Phi) is 8.64.